The number of hydrogen-bond acceptors (Lipinski definition) is 9. The molecule has 0 saturated carbocycles. The van der Waals surface area contributed by atoms with Crippen LogP contribution in [0.3, 0.4) is 0 Å². The largest absolute Gasteiger partial charge is 0.404 e. The van der Waals surface area contributed by atoms with E-state index in [0.717, 1.165) is 32.6 Å². The molecule has 1 unspecified atom stereocenters. The van der Waals surface area contributed by atoms with Crippen molar-refractivity contribution >= 4 is 29.1 Å². The Morgan fingerprint density at radius 3 is 2.79 bits per heavy atom. The number of pyridine rings is 1. The first-order chi connectivity index (χ1) is 18.3. The number of fused-ring (bicyclic) bond motifs is 1. The molecule has 3 aromatic rings. The lowest BCUT2D eigenvalue weighted by atomic mass is 9.64. The fraction of sp³-hybridized carbons (Fsp3) is 0.259. The van der Waals surface area contributed by atoms with Gasteiger partial charge in [-0.1, -0.05) is 10.2 Å². The third-order valence-corrected chi connectivity index (χ3v) is 7.62. The Hall–Kier alpha value is -3.64. The summed E-state index contributed by atoms with van der Waals surface area (Å²) in [4.78, 5) is 24.0. The van der Waals surface area contributed by atoms with Crippen molar-refractivity contribution in [1.82, 2.24) is 24.4 Å². The van der Waals surface area contributed by atoms with Crippen LogP contribution in [0, 0.1) is 18.2 Å². The number of nitrogens with zero attached hydrogens (tertiary/aromatic N) is 6. The van der Waals surface area contributed by atoms with Gasteiger partial charge in [0.1, 0.15) is 11.5 Å². The molecule has 3 N–H and O–H groups in total. The van der Waals surface area contributed by atoms with Gasteiger partial charge in [0, 0.05) is 44.5 Å². The van der Waals surface area contributed by atoms with E-state index < -0.39 is 5.41 Å². The summed E-state index contributed by atoms with van der Waals surface area (Å²) in [5.41, 5.74) is 9.15. The zero-order valence-corrected chi connectivity index (χ0v) is 21.9. The average molecular weight is 534 g/mol. The second kappa shape index (κ2) is 10.6. The summed E-state index contributed by atoms with van der Waals surface area (Å²) in [5.74, 6) is -0.483. The van der Waals surface area contributed by atoms with Crippen LogP contribution in [0.15, 0.2) is 88.3 Å². The van der Waals surface area contributed by atoms with E-state index >= 15 is 0 Å². The minimum atomic E-state index is -1.01. The lowest BCUT2D eigenvalue weighted by molar-refractivity contribution is -0.171. The van der Waals surface area contributed by atoms with Crippen LogP contribution in [0.1, 0.15) is 28.9 Å². The molecule has 1 aromatic carbocycles. The van der Waals surface area contributed by atoms with Gasteiger partial charge in [-0.3, -0.25) is 19.7 Å². The van der Waals surface area contributed by atoms with Crippen molar-refractivity contribution in [3.63, 3.8) is 0 Å². The number of aromatic nitrogens is 3. The highest BCUT2D eigenvalue weighted by molar-refractivity contribution is 7.96. The lowest BCUT2D eigenvalue weighted by Crippen LogP contribution is -2.54. The highest BCUT2D eigenvalue weighted by Gasteiger charge is 2.50. The molecule has 9 nitrogen and oxygen atoms in total. The number of piperidine rings is 1. The van der Waals surface area contributed by atoms with Crippen LogP contribution in [0.4, 0.5) is 10.1 Å². The van der Waals surface area contributed by atoms with Gasteiger partial charge in [-0.05, 0) is 79.6 Å². The van der Waals surface area contributed by atoms with E-state index in [0.29, 0.717) is 35.6 Å². The molecule has 0 bridgehead atoms. The molecule has 38 heavy (non-hydrogen) atoms. The zero-order chi connectivity index (χ0) is 26.9. The summed E-state index contributed by atoms with van der Waals surface area (Å²) in [5, 5.41) is 16.9. The van der Waals surface area contributed by atoms with E-state index in [1.165, 1.54) is 18.3 Å². The van der Waals surface area contributed by atoms with Gasteiger partial charge in [0.05, 0.1) is 27.9 Å². The summed E-state index contributed by atoms with van der Waals surface area (Å²) >= 11 is 1.12. The number of aliphatic imine (C=N–C) groups is 1. The number of aryl methyl sites for hydroxylation is 2. The van der Waals surface area contributed by atoms with Gasteiger partial charge in [-0.25, -0.2) is 14.4 Å². The van der Waals surface area contributed by atoms with Gasteiger partial charge < -0.3 is 5.73 Å². The molecule has 11 heteroatoms. The Labute approximate surface area is 224 Å². The smallest absolute Gasteiger partial charge is 0.193 e. The van der Waals surface area contributed by atoms with E-state index in [4.69, 9.17) is 10.7 Å². The number of nitrogens with two attached hydrogens (primary N) is 1. The molecule has 1 aliphatic heterocycles. The first-order valence-corrected chi connectivity index (χ1v) is 12.9. The number of rotatable bonds is 6. The van der Waals surface area contributed by atoms with Crippen molar-refractivity contribution in [2.24, 2.45) is 23.2 Å². The summed E-state index contributed by atoms with van der Waals surface area (Å²) < 4.78 is 16.2. The zero-order valence-electron chi connectivity index (χ0n) is 21.1. The third kappa shape index (κ3) is 5.18. The molecule has 1 atom stereocenters. The maximum Gasteiger partial charge on any atom is 0.193 e. The van der Waals surface area contributed by atoms with Gasteiger partial charge in [-0.15, -0.1) is 0 Å². The summed E-state index contributed by atoms with van der Waals surface area (Å²) in [6, 6.07) is 9.53. The minimum Gasteiger partial charge on any atom is -0.404 e. The summed E-state index contributed by atoms with van der Waals surface area (Å²) in [6.07, 6.45) is 9.27. The van der Waals surface area contributed by atoms with Crippen LogP contribution in [0.2, 0.25) is 0 Å². The molecule has 1 saturated heterocycles. The van der Waals surface area contributed by atoms with E-state index in [1.807, 2.05) is 19.1 Å². The molecule has 2 aromatic heterocycles. The molecule has 3 heterocycles. The van der Waals surface area contributed by atoms with E-state index in [1.54, 1.807) is 53.5 Å². The fourth-order valence-corrected chi connectivity index (χ4v) is 5.62. The van der Waals surface area contributed by atoms with Crippen LogP contribution >= 0.6 is 11.9 Å². The van der Waals surface area contributed by atoms with E-state index in [2.05, 4.69) is 10.1 Å². The number of allylic oxidation sites excluding steroid dienone is 2. The number of Topliss-reactive ketones (excluding diaryl/α,β-unsaturated/α-hetero) is 1. The second-order valence-corrected chi connectivity index (χ2v) is 10.5. The first-order valence-electron chi connectivity index (χ1n) is 12.1. The SMILES string of the molecule is Cc1ccnc(C(=O)C23CC(=CN)C(=Nc4ccc(F)cc4)C=C2CCN(N(O)Sc2cnn(C)c2)C3)c1. The molecular weight excluding hydrogens is 505 g/mol. The highest BCUT2D eigenvalue weighted by atomic mass is 32.2. The summed E-state index contributed by atoms with van der Waals surface area (Å²) in [6.45, 7) is 2.62. The number of hydrogen-bond donors (Lipinski definition) is 2. The Morgan fingerprint density at radius 2 is 2.11 bits per heavy atom. The van der Waals surface area contributed by atoms with Gasteiger partial charge in [0.15, 0.2) is 5.78 Å². The molecule has 196 valence electrons. The predicted octanol–water partition coefficient (Wildman–Crippen LogP) is 4.40. The van der Waals surface area contributed by atoms with Crippen LogP contribution in [-0.4, -0.2) is 54.1 Å². The number of hydrazine groups is 1. The number of carbonyl (C=O) groups excluding carboxylic acids is 1. The number of carbonyl (C=O) groups is 1. The fourth-order valence-electron chi connectivity index (χ4n) is 4.88. The van der Waals surface area contributed by atoms with Crippen LogP contribution in [-0.2, 0) is 7.05 Å². The average Bonchev–Trinajstić information content (AvgIpc) is 3.33. The Kier molecular flexibility index (Phi) is 7.26. The van der Waals surface area contributed by atoms with E-state index in [-0.39, 0.29) is 24.6 Å². The second-order valence-electron chi connectivity index (χ2n) is 9.47. The minimum absolute atomic E-state index is 0.142. The normalized spacial score (nSPS) is 22.1. The van der Waals surface area contributed by atoms with Crippen molar-refractivity contribution in [2.45, 2.75) is 24.7 Å². The number of halogens is 1. The third-order valence-electron chi connectivity index (χ3n) is 6.81. The molecule has 2 aliphatic rings. The maximum atomic E-state index is 14.2. The van der Waals surface area contributed by atoms with Crippen molar-refractivity contribution in [1.29, 1.82) is 0 Å². The monoisotopic (exact) mass is 533 g/mol. The van der Waals surface area contributed by atoms with Crippen molar-refractivity contribution < 1.29 is 14.4 Å². The molecule has 1 aliphatic carbocycles. The maximum absolute atomic E-state index is 14.2. The van der Waals surface area contributed by atoms with Crippen LogP contribution in [0.5, 0.6) is 0 Å². The van der Waals surface area contributed by atoms with Gasteiger partial charge in [0.25, 0.3) is 0 Å². The van der Waals surface area contributed by atoms with Crippen LogP contribution in [0.25, 0.3) is 0 Å². The molecule has 0 radical (unpaired) electrons. The quantitative estimate of drug-likeness (QED) is 0.272. The Balaban J connectivity index is 1.54. The van der Waals surface area contributed by atoms with Crippen molar-refractivity contribution in [2.75, 3.05) is 13.1 Å². The molecular formula is C27H28FN7O2S. The molecule has 5 rings (SSSR count). The highest BCUT2D eigenvalue weighted by Crippen LogP contribution is 2.47. The Bertz CT molecular complexity index is 1450. The standard InChI is InChI=1S/C27H28FN7O2S/c1-18-7-9-30-25(11-18)26(36)27-13-19(14-29)24(32-22-5-3-21(28)4-6-22)12-20(27)8-10-34(17-27)35(37)38-23-15-31-33(2)16-23/h3-7,9,11-12,14-16,37H,8,10,13,17,29H2,1-2H3. The summed E-state index contributed by atoms with van der Waals surface area (Å²) in [7, 11) is 1.81. The van der Waals surface area contributed by atoms with Crippen molar-refractivity contribution in [3.05, 3.63) is 95.5 Å². The topological polar surface area (TPSA) is 113 Å². The van der Waals surface area contributed by atoms with Gasteiger partial charge in [0.2, 0.25) is 0 Å². The molecule has 0 spiro atoms. The number of benzene rings is 1. The number of ketones is 1. The van der Waals surface area contributed by atoms with Crippen molar-refractivity contribution in [3.8, 4) is 0 Å². The Morgan fingerprint density at radius 1 is 1.32 bits per heavy atom. The van der Waals surface area contributed by atoms with Gasteiger partial charge >= 0.3 is 0 Å². The van der Waals surface area contributed by atoms with Crippen LogP contribution < -0.4 is 5.73 Å². The molecule has 0 amide bonds. The van der Waals surface area contributed by atoms with E-state index in [9.17, 15) is 14.4 Å². The lowest BCUT2D eigenvalue weighted by Gasteiger charge is -2.47. The van der Waals surface area contributed by atoms with Gasteiger partial charge in [-0.2, -0.15) is 5.10 Å². The predicted molar refractivity (Wildman–Crippen MR) is 143 cm³/mol. The first kappa shape index (κ1) is 26.0. The molecule has 1 fully saturated rings.